The summed E-state index contributed by atoms with van der Waals surface area (Å²) in [7, 11) is 0. The quantitative estimate of drug-likeness (QED) is 0.851. The smallest absolute Gasteiger partial charge is 0.0346 e. The number of aromatic nitrogens is 1. The van der Waals surface area contributed by atoms with E-state index in [0.717, 1.165) is 26.1 Å². The summed E-state index contributed by atoms with van der Waals surface area (Å²) in [6.45, 7) is 13.5. The molecule has 25 heavy (non-hydrogen) atoms. The lowest BCUT2D eigenvalue weighted by Gasteiger charge is -2.15. The highest BCUT2D eigenvalue weighted by molar-refractivity contribution is 5.63. The van der Waals surface area contributed by atoms with Crippen LogP contribution in [0.2, 0.25) is 0 Å². The van der Waals surface area contributed by atoms with E-state index in [1.54, 1.807) is 0 Å². The van der Waals surface area contributed by atoms with Crippen molar-refractivity contribution in [1.82, 2.24) is 9.88 Å². The van der Waals surface area contributed by atoms with Crippen LogP contribution in [-0.4, -0.2) is 29.0 Å². The Morgan fingerprint density at radius 2 is 1.72 bits per heavy atom. The van der Waals surface area contributed by atoms with E-state index in [2.05, 4.69) is 61.0 Å². The van der Waals surface area contributed by atoms with E-state index in [0.29, 0.717) is 6.04 Å². The maximum Gasteiger partial charge on any atom is 0.0346 e. The van der Waals surface area contributed by atoms with Gasteiger partial charge in [0.15, 0.2) is 0 Å². The van der Waals surface area contributed by atoms with Crippen molar-refractivity contribution in [2.24, 2.45) is 5.73 Å². The molecule has 2 aromatic rings. The highest BCUT2D eigenvalue weighted by Crippen LogP contribution is 2.21. The fourth-order valence-corrected chi connectivity index (χ4v) is 2.78. The number of likely N-dealkylation sites (tertiary alicyclic amines) is 1. The number of nitrogens with two attached hydrogens (primary N) is 1. The third-order valence-electron chi connectivity index (χ3n) is 3.88. The van der Waals surface area contributed by atoms with Gasteiger partial charge in [-0.15, -0.1) is 0 Å². The van der Waals surface area contributed by atoms with Gasteiger partial charge in [-0.1, -0.05) is 58.4 Å². The summed E-state index contributed by atoms with van der Waals surface area (Å²) in [5.41, 5.74) is 10.9. The molecule has 0 aliphatic carbocycles. The minimum absolute atomic E-state index is 0.354. The van der Waals surface area contributed by atoms with Crippen molar-refractivity contribution in [3.63, 3.8) is 0 Å². The van der Waals surface area contributed by atoms with Crippen LogP contribution in [-0.2, 0) is 6.54 Å². The number of hydrogen-bond donors (Lipinski definition) is 1. The van der Waals surface area contributed by atoms with E-state index >= 15 is 0 Å². The Labute approximate surface area is 154 Å². The van der Waals surface area contributed by atoms with Crippen LogP contribution in [0.1, 0.15) is 51.7 Å². The molecule has 0 radical (unpaired) electrons. The predicted molar refractivity (Wildman–Crippen MR) is 110 cm³/mol. The van der Waals surface area contributed by atoms with Crippen LogP contribution in [0.15, 0.2) is 42.7 Å². The Morgan fingerprint density at radius 1 is 1.08 bits per heavy atom. The van der Waals surface area contributed by atoms with Gasteiger partial charge in [0.05, 0.1) is 0 Å². The average molecular weight is 342 g/mol. The molecular formula is C22H35N3. The van der Waals surface area contributed by atoms with Crippen LogP contribution in [0, 0.1) is 6.92 Å². The lowest BCUT2D eigenvalue weighted by molar-refractivity contribution is 0.327. The van der Waals surface area contributed by atoms with Gasteiger partial charge in [0, 0.05) is 43.6 Å². The lowest BCUT2D eigenvalue weighted by Crippen LogP contribution is -2.26. The Hall–Kier alpha value is -1.71. The van der Waals surface area contributed by atoms with Crippen LogP contribution < -0.4 is 5.73 Å². The molecule has 0 unspecified atom stereocenters. The second-order valence-corrected chi connectivity index (χ2v) is 6.44. The molecule has 3 heteroatoms. The SMILES string of the molecule is CC.CCC.Cc1cncc(-c2ccc(CN3CC[C@@H](N)C3)cc2)c1. The first-order valence-corrected chi connectivity index (χ1v) is 9.61. The lowest BCUT2D eigenvalue weighted by atomic mass is 10.0. The summed E-state index contributed by atoms with van der Waals surface area (Å²) in [5, 5.41) is 0. The summed E-state index contributed by atoms with van der Waals surface area (Å²) in [4.78, 5) is 6.68. The molecule has 1 aromatic heterocycles. The third-order valence-corrected chi connectivity index (χ3v) is 3.88. The first kappa shape index (κ1) is 21.3. The molecule has 0 bridgehead atoms. The van der Waals surface area contributed by atoms with Crippen molar-refractivity contribution in [2.75, 3.05) is 13.1 Å². The van der Waals surface area contributed by atoms with E-state index in [4.69, 9.17) is 5.73 Å². The Bertz CT molecular complexity index is 592. The third kappa shape index (κ3) is 7.37. The van der Waals surface area contributed by atoms with Crippen molar-refractivity contribution in [3.8, 4) is 11.1 Å². The minimum atomic E-state index is 0.354. The van der Waals surface area contributed by atoms with Gasteiger partial charge in [-0.25, -0.2) is 0 Å². The van der Waals surface area contributed by atoms with Crippen LogP contribution in [0.5, 0.6) is 0 Å². The highest BCUT2D eigenvalue weighted by atomic mass is 15.2. The van der Waals surface area contributed by atoms with Crippen LogP contribution in [0.4, 0.5) is 0 Å². The molecule has 138 valence electrons. The zero-order chi connectivity index (χ0) is 18.7. The first-order chi connectivity index (χ1) is 12.1. The van der Waals surface area contributed by atoms with E-state index < -0.39 is 0 Å². The van der Waals surface area contributed by atoms with Gasteiger partial charge in [-0.3, -0.25) is 9.88 Å². The molecule has 1 atom stereocenters. The second-order valence-electron chi connectivity index (χ2n) is 6.44. The first-order valence-electron chi connectivity index (χ1n) is 9.61. The van der Waals surface area contributed by atoms with Crippen LogP contribution >= 0.6 is 0 Å². The molecule has 2 N–H and O–H groups in total. The molecule has 1 saturated heterocycles. The maximum atomic E-state index is 5.94. The number of aryl methyl sites for hydroxylation is 1. The molecule has 1 aromatic carbocycles. The molecule has 2 heterocycles. The number of benzene rings is 1. The number of hydrogen-bond acceptors (Lipinski definition) is 3. The molecule has 1 aliphatic heterocycles. The molecule has 0 saturated carbocycles. The Kier molecular flexibility index (Phi) is 10.0. The molecule has 0 spiro atoms. The van der Waals surface area contributed by atoms with Gasteiger partial charge >= 0.3 is 0 Å². The molecule has 3 nitrogen and oxygen atoms in total. The van der Waals surface area contributed by atoms with Crippen molar-refractivity contribution >= 4 is 0 Å². The molecule has 1 aliphatic rings. The number of rotatable bonds is 3. The standard InChI is InChI=1S/C17H21N3.C3H8.C2H6/c1-13-8-16(10-19-9-13)15-4-2-14(3-5-15)11-20-7-6-17(18)12-20;1-3-2;1-2/h2-5,8-10,17H,6-7,11-12,18H2,1H3;3H2,1-2H3;1-2H3/t17-;;/m1../s1. The monoisotopic (exact) mass is 341 g/mol. The van der Waals surface area contributed by atoms with Crippen molar-refractivity contribution in [3.05, 3.63) is 53.9 Å². The Morgan fingerprint density at radius 3 is 2.24 bits per heavy atom. The predicted octanol–water partition coefficient (Wildman–Crippen LogP) is 5.03. The summed E-state index contributed by atoms with van der Waals surface area (Å²) >= 11 is 0. The number of pyridine rings is 1. The van der Waals surface area contributed by atoms with Gasteiger partial charge < -0.3 is 5.73 Å². The molecule has 0 amide bonds. The second kappa shape index (κ2) is 11.8. The van der Waals surface area contributed by atoms with E-state index in [9.17, 15) is 0 Å². The van der Waals surface area contributed by atoms with Crippen LogP contribution in [0.25, 0.3) is 11.1 Å². The largest absolute Gasteiger partial charge is 0.326 e. The zero-order valence-corrected chi connectivity index (χ0v) is 16.6. The van der Waals surface area contributed by atoms with Gasteiger partial charge in [0.25, 0.3) is 0 Å². The van der Waals surface area contributed by atoms with Gasteiger partial charge in [0.1, 0.15) is 0 Å². The minimum Gasteiger partial charge on any atom is -0.326 e. The van der Waals surface area contributed by atoms with Crippen molar-refractivity contribution < 1.29 is 0 Å². The molecular weight excluding hydrogens is 306 g/mol. The summed E-state index contributed by atoms with van der Waals surface area (Å²) in [6, 6.07) is 11.3. The fourth-order valence-electron chi connectivity index (χ4n) is 2.78. The van der Waals surface area contributed by atoms with E-state index in [1.165, 1.54) is 28.7 Å². The summed E-state index contributed by atoms with van der Waals surface area (Å²) in [6.07, 6.45) is 6.17. The number of nitrogens with zero attached hydrogens (tertiary/aromatic N) is 2. The van der Waals surface area contributed by atoms with Crippen LogP contribution in [0.3, 0.4) is 0 Å². The normalized spacial score (nSPS) is 16.5. The maximum absolute atomic E-state index is 5.94. The van der Waals surface area contributed by atoms with E-state index in [-0.39, 0.29) is 0 Å². The van der Waals surface area contributed by atoms with Gasteiger partial charge in [-0.05, 0) is 36.1 Å². The van der Waals surface area contributed by atoms with E-state index in [1.807, 2.05) is 26.2 Å². The fraction of sp³-hybridized carbons (Fsp3) is 0.500. The Balaban J connectivity index is 0.000000567. The van der Waals surface area contributed by atoms with Crippen molar-refractivity contribution in [2.45, 2.75) is 60.0 Å². The molecule has 3 rings (SSSR count). The zero-order valence-electron chi connectivity index (χ0n) is 16.6. The van der Waals surface area contributed by atoms with Gasteiger partial charge in [-0.2, -0.15) is 0 Å². The molecule has 1 fully saturated rings. The topological polar surface area (TPSA) is 42.2 Å². The average Bonchev–Trinajstić information content (AvgIpc) is 3.03. The van der Waals surface area contributed by atoms with Crippen molar-refractivity contribution in [1.29, 1.82) is 0 Å². The highest BCUT2D eigenvalue weighted by Gasteiger charge is 2.18. The summed E-state index contributed by atoms with van der Waals surface area (Å²) < 4.78 is 0. The van der Waals surface area contributed by atoms with Gasteiger partial charge in [0.2, 0.25) is 0 Å². The summed E-state index contributed by atoms with van der Waals surface area (Å²) in [5.74, 6) is 0.